The summed E-state index contributed by atoms with van der Waals surface area (Å²) in [5.74, 6) is -0.523. The van der Waals surface area contributed by atoms with E-state index in [1.165, 1.54) is 22.0 Å². The summed E-state index contributed by atoms with van der Waals surface area (Å²) < 4.78 is 29.8. The van der Waals surface area contributed by atoms with Gasteiger partial charge in [-0.3, -0.25) is 9.36 Å². The van der Waals surface area contributed by atoms with Crippen molar-refractivity contribution in [3.05, 3.63) is 111 Å². The lowest BCUT2D eigenvalue weighted by Gasteiger charge is -2.26. The van der Waals surface area contributed by atoms with E-state index in [0.29, 0.717) is 32.0 Å². The second-order valence-corrected chi connectivity index (χ2v) is 12.5. The smallest absolute Gasteiger partial charge is 0.338 e. The van der Waals surface area contributed by atoms with Gasteiger partial charge in [0.15, 0.2) is 4.80 Å². The number of allylic oxidation sites excluding steroid dienone is 1. The zero-order valence-electron chi connectivity index (χ0n) is 23.8. The number of hydrogen-bond donors (Lipinski definition) is 0. The average Bonchev–Trinajstić information content (AvgIpc) is 3.38. The predicted molar refractivity (Wildman–Crippen MR) is 166 cm³/mol. The van der Waals surface area contributed by atoms with Gasteiger partial charge in [0.25, 0.3) is 5.56 Å². The maximum Gasteiger partial charge on any atom is 0.338 e. The number of ether oxygens (including phenoxy) is 2. The number of aromatic nitrogens is 2. The van der Waals surface area contributed by atoms with Crippen molar-refractivity contribution in [2.45, 2.75) is 46.8 Å². The molecule has 0 aliphatic carbocycles. The Hall–Kier alpha value is -3.47. The summed E-state index contributed by atoms with van der Waals surface area (Å²) in [5, 5.41) is 0.0278. The highest BCUT2D eigenvalue weighted by molar-refractivity contribution is 9.10. The molecule has 42 heavy (non-hydrogen) atoms. The fraction of sp³-hybridized carbons (Fsp3) is 0.258. The van der Waals surface area contributed by atoms with E-state index in [0.717, 1.165) is 21.4 Å². The molecule has 0 N–H and O–H groups in total. The third kappa shape index (κ3) is 5.39. The van der Waals surface area contributed by atoms with Crippen molar-refractivity contribution in [2.24, 2.45) is 4.99 Å². The summed E-state index contributed by atoms with van der Waals surface area (Å²) in [4.78, 5) is 32.7. The minimum Gasteiger partial charge on any atom is -0.496 e. The molecule has 1 aliphatic rings. The highest BCUT2D eigenvalue weighted by atomic mass is 79.9. The van der Waals surface area contributed by atoms with E-state index < -0.39 is 17.8 Å². The van der Waals surface area contributed by atoms with Gasteiger partial charge in [-0.15, -0.1) is 0 Å². The third-order valence-electron chi connectivity index (χ3n) is 6.99. The number of benzene rings is 2. The van der Waals surface area contributed by atoms with Gasteiger partial charge < -0.3 is 14.0 Å². The van der Waals surface area contributed by atoms with Gasteiger partial charge >= 0.3 is 5.97 Å². The molecule has 7 nitrogen and oxygen atoms in total. The molecule has 2 aromatic carbocycles. The third-order valence-corrected chi connectivity index (χ3v) is 8.75. The molecule has 1 atom stereocenters. The monoisotopic (exact) mass is 671 g/mol. The zero-order valence-corrected chi connectivity index (χ0v) is 26.9. The normalized spacial score (nSPS) is 15.2. The van der Waals surface area contributed by atoms with E-state index in [-0.39, 0.29) is 22.3 Å². The van der Waals surface area contributed by atoms with Crippen molar-refractivity contribution in [3.8, 4) is 11.4 Å². The van der Waals surface area contributed by atoms with Gasteiger partial charge in [-0.2, -0.15) is 0 Å². The lowest BCUT2D eigenvalue weighted by atomic mass is 9.95. The Morgan fingerprint density at radius 2 is 1.90 bits per heavy atom. The first kappa shape index (κ1) is 30.0. The summed E-state index contributed by atoms with van der Waals surface area (Å²) in [6, 6.07) is 11.1. The first-order valence-corrected chi connectivity index (χ1v) is 15.1. The molecular formula is C31H28BrClFN3O4S. The summed E-state index contributed by atoms with van der Waals surface area (Å²) >= 11 is 10.8. The van der Waals surface area contributed by atoms with Crippen LogP contribution in [0.4, 0.5) is 4.39 Å². The maximum absolute atomic E-state index is 14.1. The first-order valence-electron chi connectivity index (χ1n) is 13.1. The van der Waals surface area contributed by atoms with E-state index in [2.05, 4.69) is 20.9 Å². The molecule has 0 spiro atoms. The van der Waals surface area contributed by atoms with Crippen LogP contribution in [0.5, 0.6) is 5.75 Å². The number of halogens is 3. The van der Waals surface area contributed by atoms with Crippen LogP contribution in [0.25, 0.3) is 11.8 Å². The number of aryl methyl sites for hydroxylation is 1. The number of esters is 1. The van der Waals surface area contributed by atoms with Crippen LogP contribution in [-0.2, 0) is 9.53 Å². The number of hydrogen-bond acceptors (Lipinski definition) is 6. The molecule has 0 bridgehead atoms. The fourth-order valence-corrected chi connectivity index (χ4v) is 6.76. The van der Waals surface area contributed by atoms with E-state index in [1.807, 2.05) is 42.7 Å². The summed E-state index contributed by atoms with van der Waals surface area (Å²) in [7, 11) is 1.54. The quantitative estimate of drug-likeness (QED) is 0.230. The lowest BCUT2D eigenvalue weighted by molar-refractivity contribution is -0.143. The topological polar surface area (TPSA) is 74.8 Å². The minimum absolute atomic E-state index is 0.0278. The van der Waals surface area contributed by atoms with Crippen molar-refractivity contribution in [2.75, 3.05) is 7.11 Å². The summed E-state index contributed by atoms with van der Waals surface area (Å²) in [6.07, 6.45) is 1.45. The Labute approximate surface area is 259 Å². The molecule has 0 saturated carbocycles. The Bertz CT molecular complexity index is 1960. The molecule has 2 aromatic heterocycles. The molecule has 218 valence electrons. The molecule has 4 aromatic rings. The molecule has 0 amide bonds. The van der Waals surface area contributed by atoms with Crippen LogP contribution in [0.1, 0.15) is 49.3 Å². The Balaban J connectivity index is 1.72. The number of fused-ring (bicyclic) bond motifs is 1. The summed E-state index contributed by atoms with van der Waals surface area (Å²) in [6.45, 7) is 9.14. The largest absolute Gasteiger partial charge is 0.496 e. The van der Waals surface area contributed by atoms with Crippen LogP contribution < -0.4 is 19.6 Å². The highest BCUT2D eigenvalue weighted by Crippen LogP contribution is 2.37. The summed E-state index contributed by atoms with van der Waals surface area (Å²) in [5.41, 5.74) is 4.31. The molecule has 3 heterocycles. The highest BCUT2D eigenvalue weighted by Gasteiger charge is 2.35. The van der Waals surface area contributed by atoms with Crippen LogP contribution in [0.15, 0.2) is 68.0 Å². The first-order chi connectivity index (χ1) is 19.9. The van der Waals surface area contributed by atoms with Gasteiger partial charge in [0.1, 0.15) is 17.6 Å². The SMILES string of the molecule is COc1ccc(Br)cc1[C@H]1C(C(=O)OC(C)C)=C(C)N=c2s/c(=C\c3cc(C)n(-c4ccc(F)c(Cl)c4)c3C)c(=O)n21. The number of nitrogens with zero attached hydrogens (tertiary/aromatic N) is 3. The van der Waals surface area contributed by atoms with Crippen molar-refractivity contribution >= 4 is 50.9 Å². The van der Waals surface area contributed by atoms with Crippen LogP contribution >= 0.6 is 38.9 Å². The van der Waals surface area contributed by atoms with Crippen molar-refractivity contribution in [1.29, 1.82) is 0 Å². The van der Waals surface area contributed by atoms with E-state index >= 15 is 0 Å². The van der Waals surface area contributed by atoms with Crippen molar-refractivity contribution < 1.29 is 18.7 Å². The molecule has 0 saturated heterocycles. The number of thiazole rings is 1. The van der Waals surface area contributed by atoms with Crippen LogP contribution in [0, 0.1) is 19.7 Å². The molecular weight excluding hydrogens is 645 g/mol. The van der Waals surface area contributed by atoms with Crippen LogP contribution in [-0.4, -0.2) is 28.3 Å². The van der Waals surface area contributed by atoms with E-state index in [9.17, 15) is 14.0 Å². The molecule has 0 fully saturated rings. The Kier molecular flexibility index (Phi) is 8.33. The predicted octanol–water partition coefficient (Wildman–Crippen LogP) is 6.16. The number of methoxy groups -OCH3 is 1. The average molecular weight is 673 g/mol. The Morgan fingerprint density at radius 1 is 1.17 bits per heavy atom. The van der Waals surface area contributed by atoms with Gasteiger partial charge in [0, 0.05) is 27.1 Å². The van der Waals surface area contributed by atoms with Crippen molar-refractivity contribution in [1.82, 2.24) is 9.13 Å². The van der Waals surface area contributed by atoms with E-state index in [1.54, 1.807) is 46.1 Å². The second-order valence-electron chi connectivity index (χ2n) is 10.2. The van der Waals surface area contributed by atoms with E-state index in [4.69, 9.17) is 21.1 Å². The van der Waals surface area contributed by atoms with Gasteiger partial charge in [-0.1, -0.05) is 38.9 Å². The van der Waals surface area contributed by atoms with Crippen LogP contribution in [0.3, 0.4) is 0 Å². The number of rotatable bonds is 6. The minimum atomic E-state index is -0.823. The number of carbonyl (C=O) groups is 1. The molecule has 0 unspecified atom stereocenters. The lowest BCUT2D eigenvalue weighted by Crippen LogP contribution is -2.40. The molecule has 1 aliphatic heterocycles. The maximum atomic E-state index is 14.1. The van der Waals surface area contributed by atoms with Crippen molar-refractivity contribution in [3.63, 3.8) is 0 Å². The molecule has 11 heteroatoms. The van der Waals surface area contributed by atoms with Crippen LogP contribution in [0.2, 0.25) is 5.02 Å². The Morgan fingerprint density at radius 3 is 2.57 bits per heavy atom. The molecule has 5 rings (SSSR count). The second kappa shape index (κ2) is 11.7. The number of carbonyl (C=O) groups excluding carboxylic acids is 1. The van der Waals surface area contributed by atoms with Gasteiger partial charge in [-0.25, -0.2) is 14.2 Å². The van der Waals surface area contributed by atoms with Gasteiger partial charge in [0.05, 0.1) is 34.0 Å². The van der Waals surface area contributed by atoms with Gasteiger partial charge in [-0.05, 0) is 88.7 Å². The molecule has 0 radical (unpaired) electrons. The standard InChI is InChI=1S/C31H28BrClFN3O4S/c1-15(2)41-30(39)27-17(4)35-31-37(28(27)22-13-20(32)7-10-25(22)40-6)29(38)26(42-31)12-19-11-16(3)36(18(19)5)21-8-9-24(34)23(33)14-21/h7-15,28H,1-6H3/b26-12-/t28-/m0/s1. The zero-order chi connectivity index (χ0) is 30.5. The van der Waals surface area contributed by atoms with Gasteiger partial charge in [0.2, 0.25) is 0 Å². The fourth-order valence-electron chi connectivity index (χ4n) is 5.17.